The van der Waals surface area contributed by atoms with Crippen molar-refractivity contribution < 1.29 is 9.32 Å². The maximum absolute atomic E-state index is 12.0. The summed E-state index contributed by atoms with van der Waals surface area (Å²) < 4.78 is 4.89. The number of carbonyl (C=O) groups excluding carboxylic acids is 1. The van der Waals surface area contributed by atoms with Gasteiger partial charge in [-0.05, 0) is 12.5 Å². The number of amides is 1. The summed E-state index contributed by atoms with van der Waals surface area (Å²) in [6.07, 6.45) is 2.92. The highest BCUT2D eigenvalue weighted by molar-refractivity contribution is 6.03. The molecule has 3 rings (SSSR count). The van der Waals surface area contributed by atoms with Crippen LogP contribution in [-0.2, 0) is 6.54 Å². The SMILES string of the molecule is Cc1cc(NC(=O)c2cnc(NCc3ccccc3)nc2)no1. The van der Waals surface area contributed by atoms with Gasteiger partial charge in [-0.2, -0.15) is 0 Å². The first kappa shape index (κ1) is 14.7. The highest BCUT2D eigenvalue weighted by Crippen LogP contribution is 2.10. The van der Waals surface area contributed by atoms with E-state index in [1.165, 1.54) is 12.4 Å². The molecule has 1 aromatic carbocycles. The van der Waals surface area contributed by atoms with Gasteiger partial charge < -0.3 is 15.2 Å². The second-order valence-corrected chi connectivity index (χ2v) is 4.91. The van der Waals surface area contributed by atoms with Crippen molar-refractivity contribution in [2.45, 2.75) is 13.5 Å². The van der Waals surface area contributed by atoms with Crippen LogP contribution in [0.3, 0.4) is 0 Å². The van der Waals surface area contributed by atoms with Crippen molar-refractivity contribution in [3.05, 3.63) is 65.7 Å². The Morgan fingerprint density at radius 3 is 2.57 bits per heavy atom. The van der Waals surface area contributed by atoms with Crippen molar-refractivity contribution in [2.24, 2.45) is 0 Å². The minimum absolute atomic E-state index is 0.340. The molecule has 2 N–H and O–H groups in total. The Morgan fingerprint density at radius 1 is 1.17 bits per heavy atom. The van der Waals surface area contributed by atoms with Gasteiger partial charge >= 0.3 is 0 Å². The Morgan fingerprint density at radius 2 is 1.91 bits per heavy atom. The van der Waals surface area contributed by atoms with Crippen molar-refractivity contribution in [3.8, 4) is 0 Å². The van der Waals surface area contributed by atoms with E-state index in [1.807, 2.05) is 30.3 Å². The molecule has 116 valence electrons. The summed E-state index contributed by atoms with van der Waals surface area (Å²) in [6.45, 7) is 2.36. The highest BCUT2D eigenvalue weighted by Gasteiger charge is 2.10. The van der Waals surface area contributed by atoms with Gasteiger partial charge in [0.2, 0.25) is 5.95 Å². The Labute approximate surface area is 132 Å². The fourth-order valence-corrected chi connectivity index (χ4v) is 1.93. The van der Waals surface area contributed by atoms with E-state index < -0.39 is 0 Å². The fourth-order valence-electron chi connectivity index (χ4n) is 1.93. The van der Waals surface area contributed by atoms with Gasteiger partial charge in [-0.15, -0.1) is 0 Å². The lowest BCUT2D eigenvalue weighted by atomic mass is 10.2. The van der Waals surface area contributed by atoms with Crippen molar-refractivity contribution in [3.63, 3.8) is 0 Å². The van der Waals surface area contributed by atoms with E-state index in [0.717, 1.165) is 5.56 Å². The Bertz CT molecular complexity index is 784. The van der Waals surface area contributed by atoms with Crippen molar-refractivity contribution in [1.82, 2.24) is 15.1 Å². The predicted octanol–water partition coefficient (Wildman–Crippen LogP) is 2.64. The number of benzene rings is 1. The van der Waals surface area contributed by atoms with E-state index >= 15 is 0 Å². The van der Waals surface area contributed by atoms with Gasteiger partial charge in [0, 0.05) is 25.0 Å². The predicted molar refractivity (Wildman–Crippen MR) is 85.0 cm³/mol. The summed E-state index contributed by atoms with van der Waals surface area (Å²) in [5, 5.41) is 9.41. The molecule has 0 atom stereocenters. The molecule has 0 fully saturated rings. The van der Waals surface area contributed by atoms with E-state index in [0.29, 0.717) is 29.6 Å². The molecule has 0 bridgehead atoms. The van der Waals surface area contributed by atoms with Gasteiger partial charge in [0.15, 0.2) is 5.82 Å². The second-order valence-electron chi connectivity index (χ2n) is 4.91. The smallest absolute Gasteiger partial charge is 0.260 e. The molecular weight excluding hydrogens is 294 g/mol. The van der Waals surface area contributed by atoms with Crippen molar-refractivity contribution in [2.75, 3.05) is 10.6 Å². The third kappa shape index (κ3) is 3.91. The molecule has 0 aliphatic heterocycles. The Kier molecular flexibility index (Phi) is 4.28. The maximum atomic E-state index is 12.0. The molecule has 0 aliphatic carbocycles. The molecule has 7 nitrogen and oxygen atoms in total. The molecule has 0 spiro atoms. The largest absolute Gasteiger partial charge is 0.360 e. The first-order chi connectivity index (χ1) is 11.2. The number of hydrogen-bond acceptors (Lipinski definition) is 6. The molecular formula is C16H15N5O2. The summed E-state index contributed by atoms with van der Waals surface area (Å²) >= 11 is 0. The molecule has 7 heteroatoms. The minimum atomic E-state index is -0.340. The molecule has 0 saturated carbocycles. The first-order valence-electron chi connectivity index (χ1n) is 7.05. The van der Waals surface area contributed by atoms with Crippen LogP contribution in [0.25, 0.3) is 0 Å². The molecule has 3 aromatic rings. The number of anilines is 2. The molecule has 0 radical (unpaired) electrons. The van der Waals surface area contributed by atoms with E-state index in [-0.39, 0.29) is 5.91 Å². The summed E-state index contributed by atoms with van der Waals surface area (Å²) in [4.78, 5) is 20.3. The van der Waals surface area contributed by atoms with Crippen LogP contribution in [0.1, 0.15) is 21.7 Å². The normalized spacial score (nSPS) is 10.3. The third-order valence-corrected chi connectivity index (χ3v) is 3.08. The average molecular weight is 309 g/mol. The molecule has 0 aliphatic rings. The summed E-state index contributed by atoms with van der Waals surface area (Å²) in [5.74, 6) is 1.10. The van der Waals surface area contributed by atoms with Gasteiger partial charge in [-0.25, -0.2) is 9.97 Å². The highest BCUT2D eigenvalue weighted by atomic mass is 16.5. The fraction of sp³-hybridized carbons (Fsp3) is 0.125. The lowest BCUT2D eigenvalue weighted by Crippen LogP contribution is -2.13. The van der Waals surface area contributed by atoms with Gasteiger partial charge in [0.1, 0.15) is 5.76 Å². The summed E-state index contributed by atoms with van der Waals surface area (Å²) in [5.41, 5.74) is 1.47. The second kappa shape index (κ2) is 6.69. The number of nitrogens with zero attached hydrogens (tertiary/aromatic N) is 3. The number of carbonyl (C=O) groups is 1. The molecule has 0 saturated heterocycles. The van der Waals surface area contributed by atoms with Crippen LogP contribution in [-0.4, -0.2) is 21.0 Å². The average Bonchev–Trinajstić information content (AvgIpc) is 2.99. The third-order valence-electron chi connectivity index (χ3n) is 3.08. The zero-order valence-corrected chi connectivity index (χ0v) is 12.5. The van der Waals surface area contributed by atoms with Crippen molar-refractivity contribution in [1.29, 1.82) is 0 Å². The van der Waals surface area contributed by atoms with Crippen LogP contribution in [0.2, 0.25) is 0 Å². The summed E-state index contributed by atoms with van der Waals surface area (Å²) in [7, 11) is 0. The number of aromatic nitrogens is 3. The molecule has 2 heterocycles. The van der Waals surface area contributed by atoms with Crippen molar-refractivity contribution >= 4 is 17.7 Å². The number of rotatable bonds is 5. The maximum Gasteiger partial charge on any atom is 0.260 e. The molecule has 2 aromatic heterocycles. The van der Waals surface area contributed by atoms with Crippen LogP contribution in [0, 0.1) is 6.92 Å². The lowest BCUT2D eigenvalue weighted by molar-refractivity contribution is 0.102. The van der Waals surface area contributed by atoms with E-state index in [4.69, 9.17) is 4.52 Å². The van der Waals surface area contributed by atoms with Gasteiger partial charge in [0.25, 0.3) is 5.91 Å². The first-order valence-corrected chi connectivity index (χ1v) is 7.05. The minimum Gasteiger partial charge on any atom is -0.360 e. The van der Waals surface area contributed by atoms with Crippen LogP contribution in [0.5, 0.6) is 0 Å². The lowest BCUT2D eigenvalue weighted by Gasteiger charge is -2.05. The Hall–Kier alpha value is -3.22. The van der Waals surface area contributed by atoms with Gasteiger partial charge in [-0.1, -0.05) is 35.5 Å². The van der Waals surface area contributed by atoms with Crippen LogP contribution in [0.4, 0.5) is 11.8 Å². The molecule has 23 heavy (non-hydrogen) atoms. The Balaban J connectivity index is 1.59. The van der Waals surface area contributed by atoms with E-state index in [2.05, 4.69) is 25.8 Å². The topological polar surface area (TPSA) is 92.9 Å². The van der Waals surface area contributed by atoms with Gasteiger partial charge in [-0.3, -0.25) is 4.79 Å². The quantitative estimate of drug-likeness (QED) is 0.752. The van der Waals surface area contributed by atoms with E-state index in [1.54, 1.807) is 13.0 Å². The van der Waals surface area contributed by atoms with Gasteiger partial charge in [0.05, 0.1) is 5.56 Å². The summed E-state index contributed by atoms with van der Waals surface area (Å²) in [6, 6.07) is 11.6. The van der Waals surface area contributed by atoms with E-state index in [9.17, 15) is 4.79 Å². The van der Waals surface area contributed by atoms with Crippen LogP contribution in [0.15, 0.2) is 53.3 Å². The zero-order chi connectivity index (χ0) is 16.1. The molecule has 0 unspecified atom stereocenters. The van der Waals surface area contributed by atoms with Crippen LogP contribution >= 0.6 is 0 Å². The number of aryl methyl sites for hydroxylation is 1. The van der Waals surface area contributed by atoms with Crippen LogP contribution < -0.4 is 10.6 Å². The monoisotopic (exact) mass is 309 g/mol. The molecule has 1 amide bonds. The number of hydrogen-bond donors (Lipinski definition) is 2. The standard InChI is InChI=1S/C16H15N5O2/c1-11-7-14(21-23-11)20-15(22)13-9-18-16(19-10-13)17-8-12-5-3-2-4-6-12/h2-7,9-10H,8H2,1H3,(H,17,18,19)(H,20,21,22). The number of nitrogens with one attached hydrogen (secondary N) is 2. The zero-order valence-electron chi connectivity index (χ0n) is 12.5.